The summed E-state index contributed by atoms with van der Waals surface area (Å²) in [7, 11) is 0. The Balaban J connectivity index is 2.28. The van der Waals surface area contributed by atoms with Crippen LogP contribution in [0.1, 0.15) is 17.2 Å². The van der Waals surface area contributed by atoms with Crippen molar-refractivity contribution < 1.29 is 39.2 Å². The second kappa shape index (κ2) is 10.6. The number of carboxylic acids is 2. The summed E-state index contributed by atoms with van der Waals surface area (Å²) >= 11 is 0. The first-order chi connectivity index (χ1) is 14.3. The van der Waals surface area contributed by atoms with Gasteiger partial charge >= 0.3 is 11.9 Å². The van der Waals surface area contributed by atoms with Gasteiger partial charge in [-0.25, -0.2) is 9.59 Å². The average molecular weight is 416 g/mol. The van der Waals surface area contributed by atoms with Gasteiger partial charge in [-0.2, -0.15) is 0 Å². The van der Waals surface area contributed by atoms with Crippen LogP contribution in [0.15, 0.2) is 53.5 Å². The Morgan fingerprint density at radius 2 is 1.47 bits per heavy atom. The number of hydrogen-bond acceptors (Lipinski definition) is 7. The van der Waals surface area contributed by atoms with E-state index >= 15 is 0 Å². The molecule has 0 saturated heterocycles. The van der Waals surface area contributed by atoms with E-state index in [1.54, 1.807) is 30.3 Å². The lowest BCUT2D eigenvalue weighted by atomic mass is 10.0. The van der Waals surface area contributed by atoms with Crippen molar-refractivity contribution in [1.29, 1.82) is 0 Å². The Morgan fingerprint density at radius 1 is 0.933 bits per heavy atom. The smallest absolute Gasteiger partial charge is 0.341 e. The highest BCUT2D eigenvalue weighted by Gasteiger charge is 2.28. The van der Waals surface area contributed by atoms with Crippen LogP contribution in [0.25, 0.3) is 0 Å². The number of para-hydroxylation sites is 2. The van der Waals surface area contributed by atoms with Crippen molar-refractivity contribution in [1.82, 2.24) is 0 Å². The van der Waals surface area contributed by atoms with E-state index in [0.717, 1.165) is 0 Å². The molecule has 10 nitrogen and oxygen atoms in total. The van der Waals surface area contributed by atoms with Crippen LogP contribution in [0.3, 0.4) is 0 Å². The van der Waals surface area contributed by atoms with E-state index in [1.807, 2.05) is 0 Å². The molecule has 158 valence electrons. The molecule has 10 heteroatoms. The number of carboxylic acid groups (broad SMARTS) is 2. The molecule has 30 heavy (non-hydrogen) atoms. The normalized spacial score (nSPS) is 12.8. The van der Waals surface area contributed by atoms with Crippen molar-refractivity contribution in [2.75, 3.05) is 13.2 Å². The van der Waals surface area contributed by atoms with Gasteiger partial charge in [0.2, 0.25) is 5.91 Å². The van der Waals surface area contributed by atoms with Gasteiger partial charge in [-0.1, -0.05) is 30.3 Å². The van der Waals surface area contributed by atoms with Crippen LogP contribution in [0, 0.1) is 0 Å². The lowest BCUT2D eigenvalue weighted by Crippen LogP contribution is -2.33. The van der Waals surface area contributed by atoms with Gasteiger partial charge in [0, 0.05) is 17.3 Å². The van der Waals surface area contributed by atoms with Crippen LogP contribution < -0.4 is 15.2 Å². The highest BCUT2D eigenvalue weighted by Crippen LogP contribution is 2.29. The number of primary amides is 1. The number of ether oxygens (including phenoxy) is 2. The van der Waals surface area contributed by atoms with E-state index in [4.69, 9.17) is 25.4 Å². The van der Waals surface area contributed by atoms with Crippen molar-refractivity contribution in [3.63, 3.8) is 0 Å². The maximum atomic E-state index is 11.9. The van der Waals surface area contributed by atoms with Crippen LogP contribution in [0.2, 0.25) is 0 Å². The molecular formula is C20H20N2O8. The number of aliphatic hydroxyl groups excluding tert-OH is 1. The van der Waals surface area contributed by atoms with Gasteiger partial charge < -0.3 is 30.5 Å². The average Bonchev–Trinajstić information content (AvgIpc) is 2.71. The molecular weight excluding hydrogens is 396 g/mol. The van der Waals surface area contributed by atoms with Crippen molar-refractivity contribution in [3.8, 4) is 11.5 Å². The zero-order chi connectivity index (χ0) is 22.1. The summed E-state index contributed by atoms with van der Waals surface area (Å²) in [5, 5.41) is 28.2. The molecule has 0 aliphatic rings. The van der Waals surface area contributed by atoms with Gasteiger partial charge in [0.25, 0.3) is 0 Å². The fraction of sp³-hybridized carbons (Fsp3) is 0.200. The van der Waals surface area contributed by atoms with Gasteiger partial charge in [0.05, 0.1) is 0 Å². The number of amides is 1. The van der Waals surface area contributed by atoms with Gasteiger partial charge in [0.1, 0.15) is 17.6 Å². The van der Waals surface area contributed by atoms with Crippen LogP contribution in [-0.4, -0.2) is 58.6 Å². The molecule has 2 unspecified atom stereocenters. The first-order valence-electron chi connectivity index (χ1n) is 8.67. The van der Waals surface area contributed by atoms with Crippen LogP contribution in [0.5, 0.6) is 11.5 Å². The monoisotopic (exact) mass is 416 g/mol. The molecule has 2 atom stereocenters. The molecule has 0 saturated carbocycles. The number of nitrogens with zero attached hydrogens (tertiary/aromatic N) is 1. The SMILES string of the molecule is NC(=O)C(N=Cc1ccccc1OCC(=O)O)C(O)c1ccccc1OCC(=O)O. The number of aliphatic hydroxyl groups is 1. The topological polar surface area (TPSA) is 169 Å². The molecule has 0 aliphatic heterocycles. The minimum atomic E-state index is -1.52. The Labute approximate surface area is 171 Å². The third kappa shape index (κ3) is 6.31. The number of benzene rings is 2. The first kappa shape index (κ1) is 22.4. The molecule has 2 aromatic rings. The third-order valence-electron chi connectivity index (χ3n) is 3.82. The largest absolute Gasteiger partial charge is 0.482 e. The molecule has 2 rings (SSSR count). The predicted octanol–water partition coefficient (Wildman–Crippen LogP) is 0.620. The van der Waals surface area contributed by atoms with E-state index in [2.05, 4.69) is 4.99 Å². The summed E-state index contributed by atoms with van der Waals surface area (Å²) in [4.78, 5) is 37.4. The van der Waals surface area contributed by atoms with Gasteiger partial charge in [0.15, 0.2) is 19.3 Å². The maximum absolute atomic E-state index is 11.9. The van der Waals surface area contributed by atoms with E-state index in [-0.39, 0.29) is 17.1 Å². The van der Waals surface area contributed by atoms with Crippen molar-refractivity contribution in [2.24, 2.45) is 10.7 Å². The van der Waals surface area contributed by atoms with E-state index in [1.165, 1.54) is 24.4 Å². The molecule has 0 aromatic heterocycles. The molecule has 0 heterocycles. The third-order valence-corrected chi connectivity index (χ3v) is 3.82. The zero-order valence-corrected chi connectivity index (χ0v) is 15.7. The summed E-state index contributed by atoms with van der Waals surface area (Å²) in [5.74, 6) is -3.02. The van der Waals surface area contributed by atoms with Crippen LogP contribution >= 0.6 is 0 Å². The highest BCUT2D eigenvalue weighted by molar-refractivity contribution is 5.88. The van der Waals surface area contributed by atoms with Gasteiger partial charge in [-0.15, -0.1) is 0 Å². The van der Waals surface area contributed by atoms with Crippen LogP contribution in [-0.2, 0) is 14.4 Å². The Bertz CT molecular complexity index is 944. The van der Waals surface area contributed by atoms with Crippen molar-refractivity contribution in [2.45, 2.75) is 12.1 Å². The Kier molecular flexibility index (Phi) is 7.89. The maximum Gasteiger partial charge on any atom is 0.341 e. The molecule has 0 fully saturated rings. The molecule has 0 aliphatic carbocycles. The standard InChI is InChI=1S/C20H20N2O8/c21-20(28)18(19(27)13-6-2-4-8-15(13)30-11-17(25)26)22-9-12-5-1-3-7-14(12)29-10-16(23)24/h1-9,18-19,27H,10-11H2,(H2,21,28)(H,23,24)(H,25,26). The predicted molar refractivity (Wildman–Crippen MR) is 105 cm³/mol. The van der Waals surface area contributed by atoms with Gasteiger partial charge in [-0.3, -0.25) is 9.79 Å². The minimum Gasteiger partial charge on any atom is -0.482 e. The van der Waals surface area contributed by atoms with E-state index < -0.39 is 43.2 Å². The quantitative estimate of drug-likeness (QED) is 0.386. The Morgan fingerprint density at radius 3 is 2.07 bits per heavy atom. The van der Waals surface area contributed by atoms with Crippen LogP contribution in [0.4, 0.5) is 0 Å². The number of carbonyl (C=O) groups excluding carboxylic acids is 1. The summed E-state index contributed by atoms with van der Waals surface area (Å²) < 4.78 is 10.3. The molecule has 2 aromatic carbocycles. The lowest BCUT2D eigenvalue weighted by Gasteiger charge is -2.19. The van der Waals surface area contributed by atoms with Crippen molar-refractivity contribution in [3.05, 3.63) is 59.7 Å². The summed E-state index contributed by atoms with van der Waals surface area (Å²) in [5.41, 5.74) is 5.89. The first-order valence-corrected chi connectivity index (χ1v) is 8.67. The second-order valence-electron chi connectivity index (χ2n) is 6.01. The molecule has 0 bridgehead atoms. The molecule has 5 N–H and O–H groups in total. The fourth-order valence-electron chi connectivity index (χ4n) is 2.50. The Hall–Kier alpha value is -3.92. The van der Waals surface area contributed by atoms with Gasteiger partial charge in [-0.05, 0) is 18.2 Å². The summed E-state index contributed by atoms with van der Waals surface area (Å²) in [6, 6.07) is 11.0. The summed E-state index contributed by atoms with van der Waals surface area (Å²) in [6.07, 6.45) is -0.285. The molecule has 1 amide bonds. The number of aliphatic carboxylic acids is 2. The lowest BCUT2D eigenvalue weighted by molar-refractivity contribution is -0.140. The molecule has 0 radical (unpaired) electrons. The summed E-state index contributed by atoms with van der Waals surface area (Å²) in [6.45, 7) is -1.20. The number of hydrogen-bond donors (Lipinski definition) is 4. The zero-order valence-electron chi connectivity index (χ0n) is 15.7. The van der Waals surface area contributed by atoms with E-state index in [0.29, 0.717) is 5.56 Å². The number of rotatable bonds is 11. The number of aliphatic imine (C=N–C) groups is 1. The fourth-order valence-corrected chi connectivity index (χ4v) is 2.50. The number of nitrogens with two attached hydrogens (primary N) is 1. The van der Waals surface area contributed by atoms with Crippen molar-refractivity contribution >= 4 is 24.1 Å². The highest BCUT2D eigenvalue weighted by atomic mass is 16.5. The molecule has 0 spiro atoms. The minimum absolute atomic E-state index is 0.0686. The van der Waals surface area contributed by atoms with E-state index in [9.17, 15) is 19.5 Å². The number of carbonyl (C=O) groups is 3. The second-order valence-corrected chi connectivity index (χ2v) is 6.01.